The molecule has 2 N–H and O–H groups in total. The Labute approximate surface area is 162 Å². The van der Waals surface area contributed by atoms with E-state index in [1.54, 1.807) is 6.07 Å². The van der Waals surface area contributed by atoms with E-state index in [9.17, 15) is 9.59 Å². The highest BCUT2D eigenvalue weighted by Crippen LogP contribution is 2.17. The highest BCUT2D eigenvalue weighted by atomic mass is 16.1. The van der Waals surface area contributed by atoms with Crippen LogP contribution in [-0.2, 0) is 6.54 Å². The summed E-state index contributed by atoms with van der Waals surface area (Å²) in [6.45, 7) is 4.23. The maximum Gasteiger partial charge on any atom is 0.253 e. The number of aryl methyl sites for hydroxylation is 2. The van der Waals surface area contributed by atoms with E-state index in [1.807, 2.05) is 79.3 Å². The minimum atomic E-state index is -0.214. The van der Waals surface area contributed by atoms with Gasteiger partial charge in [0.05, 0.1) is 0 Å². The Morgan fingerprint density at radius 2 is 1.75 bits per heavy atom. The van der Waals surface area contributed by atoms with Gasteiger partial charge >= 0.3 is 0 Å². The Morgan fingerprint density at radius 1 is 1.00 bits per heavy atom. The van der Waals surface area contributed by atoms with Crippen LogP contribution < -0.4 is 10.9 Å². The monoisotopic (exact) mass is 371 g/mol. The summed E-state index contributed by atoms with van der Waals surface area (Å²) in [4.78, 5) is 27.9. The Hall–Kier alpha value is -3.60. The van der Waals surface area contributed by atoms with Crippen molar-refractivity contribution >= 4 is 16.8 Å². The van der Waals surface area contributed by atoms with E-state index in [0.29, 0.717) is 11.1 Å². The molecular weight excluding hydrogens is 350 g/mol. The lowest BCUT2D eigenvalue weighted by atomic mass is 10.0. The van der Waals surface area contributed by atoms with E-state index in [0.717, 1.165) is 27.7 Å². The molecule has 5 heteroatoms. The lowest BCUT2D eigenvalue weighted by molar-refractivity contribution is 0.0951. The summed E-state index contributed by atoms with van der Waals surface area (Å²) in [7, 11) is 0. The summed E-state index contributed by atoms with van der Waals surface area (Å²) in [5.74, 6) is -0.214. The molecular formula is C23H21N3O2. The molecule has 0 aliphatic rings. The molecule has 4 aromatic rings. The standard InChI is InChI=1S/C23H21N3O2/c1-15-10-18-12-19(23(28)25-21(18)11-16(15)2)14-24-22(27)17-6-5-7-20(13-17)26-8-3-4-9-26/h3-13H,14H2,1-2H3,(H,24,27)(H,25,28). The minimum Gasteiger partial charge on any atom is -0.348 e. The van der Waals surface area contributed by atoms with Crippen LogP contribution in [0, 0.1) is 13.8 Å². The second-order valence-corrected chi connectivity index (χ2v) is 6.97. The fraction of sp³-hybridized carbons (Fsp3) is 0.130. The first kappa shape index (κ1) is 17.8. The summed E-state index contributed by atoms with van der Waals surface area (Å²) in [5.41, 5.74) is 4.91. The molecule has 5 nitrogen and oxygen atoms in total. The van der Waals surface area contributed by atoms with Gasteiger partial charge in [-0.15, -0.1) is 0 Å². The number of rotatable bonds is 4. The molecule has 0 bridgehead atoms. The molecule has 0 saturated carbocycles. The smallest absolute Gasteiger partial charge is 0.253 e. The van der Waals surface area contributed by atoms with Gasteiger partial charge in [-0.1, -0.05) is 6.07 Å². The predicted molar refractivity (Wildman–Crippen MR) is 111 cm³/mol. The van der Waals surface area contributed by atoms with Crippen molar-refractivity contribution in [2.75, 3.05) is 0 Å². The number of pyridine rings is 1. The average molecular weight is 371 g/mol. The highest BCUT2D eigenvalue weighted by Gasteiger charge is 2.09. The number of carbonyl (C=O) groups is 1. The van der Waals surface area contributed by atoms with Gasteiger partial charge in [0.15, 0.2) is 0 Å². The molecule has 2 aromatic heterocycles. The van der Waals surface area contributed by atoms with Crippen LogP contribution in [-0.4, -0.2) is 15.5 Å². The summed E-state index contributed by atoms with van der Waals surface area (Å²) in [6.07, 6.45) is 3.85. The number of fused-ring (bicyclic) bond motifs is 1. The Kier molecular flexibility index (Phi) is 4.57. The van der Waals surface area contributed by atoms with Gasteiger partial charge < -0.3 is 14.9 Å². The molecule has 0 aliphatic carbocycles. The molecule has 0 spiro atoms. The third-order valence-electron chi connectivity index (χ3n) is 4.99. The predicted octanol–water partition coefficient (Wildman–Crippen LogP) is 3.87. The van der Waals surface area contributed by atoms with Gasteiger partial charge in [0.25, 0.3) is 11.5 Å². The second kappa shape index (κ2) is 7.19. The van der Waals surface area contributed by atoms with Crippen LogP contribution in [0.5, 0.6) is 0 Å². The molecule has 2 aromatic carbocycles. The average Bonchev–Trinajstić information content (AvgIpc) is 3.23. The van der Waals surface area contributed by atoms with Crippen LogP contribution in [0.1, 0.15) is 27.0 Å². The van der Waals surface area contributed by atoms with E-state index in [2.05, 4.69) is 10.3 Å². The molecule has 0 aliphatic heterocycles. The molecule has 0 fully saturated rings. The Bertz CT molecular complexity index is 1220. The normalized spacial score (nSPS) is 10.9. The van der Waals surface area contributed by atoms with Crippen LogP contribution >= 0.6 is 0 Å². The number of nitrogens with one attached hydrogen (secondary N) is 2. The van der Waals surface area contributed by atoms with Crippen molar-refractivity contribution in [3.05, 3.63) is 99.6 Å². The SMILES string of the molecule is Cc1cc2cc(CNC(=O)c3cccc(-n4cccc4)c3)c(=O)[nH]c2cc1C. The highest BCUT2D eigenvalue weighted by molar-refractivity contribution is 5.94. The molecule has 0 radical (unpaired) electrons. The lowest BCUT2D eigenvalue weighted by Crippen LogP contribution is -2.26. The maximum absolute atomic E-state index is 12.6. The second-order valence-electron chi connectivity index (χ2n) is 6.97. The first-order valence-corrected chi connectivity index (χ1v) is 9.16. The van der Waals surface area contributed by atoms with Gasteiger partial charge in [-0.3, -0.25) is 9.59 Å². The summed E-state index contributed by atoms with van der Waals surface area (Å²) in [6, 6.07) is 17.1. The van der Waals surface area contributed by atoms with Gasteiger partial charge in [0.1, 0.15) is 0 Å². The number of hydrogen-bond acceptors (Lipinski definition) is 2. The third kappa shape index (κ3) is 3.47. The van der Waals surface area contributed by atoms with E-state index in [4.69, 9.17) is 0 Å². The van der Waals surface area contributed by atoms with Crippen molar-refractivity contribution in [3.63, 3.8) is 0 Å². The zero-order valence-electron chi connectivity index (χ0n) is 15.8. The molecule has 140 valence electrons. The molecule has 0 saturated heterocycles. The number of aromatic nitrogens is 2. The lowest BCUT2D eigenvalue weighted by Gasteiger charge is -2.09. The van der Waals surface area contributed by atoms with Gasteiger partial charge in [0, 0.05) is 41.3 Å². The summed E-state index contributed by atoms with van der Waals surface area (Å²) >= 11 is 0. The molecule has 4 rings (SSSR count). The molecule has 1 amide bonds. The van der Waals surface area contributed by atoms with Gasteiger partial charge in [-0.2, -0.15) is 0 Å². The van der Waals surface area contributed by atoms with E-state index in [-0.39, 0.29) is 18.0 Å². The van der Waals surface area contributed by atoms with Crippen LogP contribution in [0.3, 0.4) is 0 Å². The fourth-order valence-corrected chi connectivity index (χ4v) is 3.25. The van der Waals surface area contributed by atoms with Crippen LogP contribution in [0.4, 0.5) is 0 Å². The van der Waals surface area contributed by atoms with Gasteiger partial charge in [-0.25, -0.2) is 0 Å². The van der Waals surface area contributed by atoms with Gasteiger partial charge in [-0.05, 0) is 78.9 Å². The number of carbonyl (C=O) groups excluding carboxylic acids is 1. The minimum absolute atomic E-state index is 0.171. The molecule has 0 unspecified atom stereocenters. The van der Waals surface area contributed by atoms with E-state index >= 15 is 0 Å². The molecule has 28 heavy (non-hydrogen) atoms. The van der Waals surface area contributed by atoms with Crippen LogP contribution in [0.15, 0.2) is 71.8 Å². The fourth-order valence-electron chi connectivity index (χ4n) is 3.25. The first-order valence-electron chi connectivity index (χ1n) is 9.16. The van der Waals surface area contributed by atoms with Crippen molar-refractivity contribution < 1.29 is 4.79 Å². The van der Waals surface area contributed by atoms with Gasteiger partial charge in [0.2, 0.25) is 0 Å². The topological polar surface area (TPSA) is 66.9 Å². The number of nitrogens with zero attached hydrogens (tertiary/aromatic N) is 1. The largest absolute Gasteiger partial charge is 0.348 e. The van der Waals surface area contributed by atoms with E-state index < -0.39 is 0 Å². The number of amides is 1. The Balaban J connectivity index is 1.55. The number of benzene rings is 2. The molecule has 0 atom stereocenters. The van der Waals surface area contributed by atoms with E-state index in [1.165, 1.54) is 0 Å². The number of hydrogen-bond donors (Lipinski definition) is 2. The van der Waals surface area contributed by atoms with Crippen LogP contribution in [0.25, 0.3) is 16.6 Å². The van der Waals surface area contributed by atoms with Crippen molar-refractivity contribution in [3.8, 4) is 5.69 Å². The van der Waals surface area contributed by atoms with Crippen molar-refractivity contribution in [2.24, 2.45) is 0 Å². The third-order valence-corrected chi connectivity index (χ3v) is 4.99. The van der Waals surface area contributed by atoms with Crippen molar-refractivity contribution in [2.45, 2.75) is 20.4 Å². The zero-order chi connectivity index (χ0) is 19.7. The zero-order valence-corrected chi connectivity index (χ0v) is 15.8. The first-order chi connectivity index (χ1) is 13.5. The number of H-pyrrole nitrogens is 1. The maximum atomic E-state index is 12.6. The Morgan fingerprint density at radius 3 is 2.54 bits per heavy atom. The van der Waals surface area contributed by atoms with Crippen molar-refractivity contribution in [1.29, 1.82) is 0 Å². The summed E-state index contributed by atoms with van der Waals surface area (Å²) in [5, 5.41) is 3.81. The van der Waals surface area contributed by atoms with Crippen molar-refractivity contribution in [1.82, 2.24) is 14.9 Å². The van der Waals surface area contributed by atoms with Crippen LogP contribution in [0.2, 0.25) is 0 Å². The molecule has 2 heterocycles. The quantitative estimate of drug-likeness (QED) is 0.572. The number of aromatic amines is 1. The summed E-state index contributed by atoms with van der Waals surface area (Å²) < 4.78 is 1.94.